The molecule has 1 aliphatic heterocycles. The van der Waals surface area contributed by atoms with Gasteiger partial charge in [-0.1, -0.05) is 18.2 Å². The minimum Gasteiger partial charge on any atom is -0.366 e. The van der Waals surface area contributed by atoms with Gasteiger partial charge in [0.1, 0.15) is 0 Å². The first-order valence-corrected chi connectivity index (χ1v) is 9.24. The van der Waals surface area contributed by atoms with Crippen molar-refractivity contribution in [3.8, 4) is 0 Å². The van der Waals surface area contributed by atoms with Crippen molar-refractivity contribution in [3.05, 3.63) is 60.2 Å². The van der Waals surface area contributed by atoms with Gasteiger partial charge in [0.05, 0.1) is 16.7 Å². The van der Waals surface area contributed by atoms with E-state index < -0.39 is 11.2 Å². The Labute approximate surface area is 159 Å². The first kappa shape index (κ1) is 18.7. The average molecular weight is 383 g/mol. The van der Waals surface area contributed by atoms with E-state index in [9.17, 15) is 19.2 Å². The Morgan fingerprint density at radius 3 is 2.37 bits per heavy atom. The SMILES string of the molecule is NC(=O)c1ccc(NC(=O)CS[C@H]2CC(=O)N(c3ccccc3)C2=O)cc1. The predicted molar refractivity (Wildman–Crippen MR) is 103 cm³/mol. The van der Waals surface area contributed by atoms with Crippen LogP contribution in [0.4, 0.5) is 11.4 Å². The van der Waals surface area contributed by atoms with Crippen LogP contribution in [0.2, 0.25) is 0 Å². The van der Waals surface area contributed by atoms with Crippen molar-refractivity contribution in [2.24, 2.45) is 5.73 Å². The minimum atomic E-state index is -0.583. The molecule has 1 saturated heterocycles. The second-order valence-corrected chi connectivity index (χ2v) is 7.09. The molecular formula is C19H17N3O4S. The van der Waals surface area contributed by atoms with Crippen LogP contribution in [0.1, 0.15) is 16.8 Å². The molecule has 0 aliphatic carbocycles. The Kier molecular flexibility index (Phi) is 5.56. The van der Waals surface area contributed by atoms with Gasteiger partial charge in [-0.25, -0.2) is 4.90 Å². The Balaban J connectivity index is 1.55. The first-order valence-electron chi connectivity index (χ1n) is 8.19. The number of carbonyl (C=O) groups excluding carboxylic acids is 4. The molecule has 0 aromatic heterocycles. The zero-order chi connectivity index (χ0) is 19.4. The van der Waals surface area contributed by atoms with Crippen molar-refractivity contribution in [1.29, 1.82) is 0 Å². The Morgan fingerprint density at radius 1 is 1.07 bits per heavy atom. The third kappa shape index (κ3) is 4.35. The number of amides is 4. The summed E-state index contributed by atoms with van der Waals surface area (Å²) in [6.45, 7) is 0. The van der Waals surface area contributed by atoms with Crippen molar-refractivity contribution in [3.63, 3.8) is 0 Å². The van der Waals surface area contributed by atoms with Crippen LogP contribution in [0.3, 0.4) is 0 Å². The third-order valence-corrected chi connectivity index (χ3v) is 5.19. The van der Waals surface area contributed by atoms with E-state index in [2.05, 4.69) is 5.32 Å². The number of imide groups is 1. The van der Waals surface area contributed by atoms with Gasteiger partial charge in [0.25, 0.3) is 0 Å². The van der Waals surface area contributed by atoms with Crippen LogP contribution in [-0.4, -0.2) is 34.6 Å². The van der Waals surface area contributed by atoms with E-state index in [0.717, 1.165) is 16.7 Å². The molecule has 27 heavy (non-hydrogen) atoms. The number of primary amides is 1. The van der Waals surface area contributed by atoms with Crippen molar-refractivity contribution < 1.29 is 19.2 Å². The lowest BCUT2D eigenvalue weighted by Gasteiger charge is -2.14. The molecule has 3 N–H and O–H groups in total. The zero-order valence-electron chi connectivity index (χ0n) is 14.3. The smallest absolute Gasteiger partial charge is 0.248 e. The van der Waals surface area contributed by atoms with Crippen molar-refractivity contribution in [2.75, 3.05) is 16.0 Å². The number of hydrogen-bond donors (Lipinski definition) is 2. The molecule has 2 aromatic carbocycles. The highest BCUT2D eigenvalue weighted by molar-refractivity contribution is 8.01. The molecule has 1 fully saturated rings. The standard InChI is InChI=1S/C19H17N3O4S/c20-18(25)12-6-8-13(9-7-12)21-16(23)11-27-15-10-17(24)22(19(15)26)14-4-2-1-3-5-14/h1-9,15H,10-11H2,(H2,20,25)(H,21,23)/t15-/m0/s1. The summed E-state index contributed by atoms with van der Waals surface area (Å²) in [6, 6.07) is 14.9. The summed E-state index contributed by atoms with van der Waals surface area (Å²) in [6.07, 6.45) is 0.0684. The van der Waals surface area contributed by atoms with Crippen LogP contribution in [0, 0.1) is 0 Å². The molecule has 138 valence electrons. The lowest BCUT2D eigenvalue weighted by molar-refractivity contribution is -0.121. The molecule has 0 unspecified atom stereocenters. The van der Waals surface area contributed by atoms with E-state index >= 15 is 0 Å². The second-order valence-electron chi connectivity index (χ2n) is 5.90. The summed E-state index contributed by atoms with van der Waals surface area (Å²) < 4.78 is 0. The maximum absolute atomic E-state index is 12.5. The summed E-state index contributed by atoms with van der Waals surface area (Å²) in [4.78, 5) is 49.0. The normalized spacial score (nSPS) is 16.4. The van der Waals surface area contributed by atoms with Crippen LogP contribution < -0.4 is 16.0 Å². The maximum atomic E-state index is 12.5. The Morgan fingerprint density at radius 2 is 1.74 bits per heavy atom. The van der Waals surface area contributed by atoms with Crippen LogP contribution in [0.25, 0.3) is 0 Å². The number of carbonyl (C=O) groups is 4. The fraction of sp³-hybridized carbons (Fsp3) is 0.158. The lowest BCUT2D eigenvalue weighted by Crippen LogP contribution is -2.31. The van der Waals surface area contributed by atoms with Gasteiger partial charge in [-0.15, -0.1) is 11.8 Å². The molecule has 1 atom stereocenters. The van der Waals surface area contributed by atoms with E-state index in [4.69, 9.17) is 5.73 Å². The van der Waals surface area contributed by atoms with Crippen LogP contribution in [0.5, 0.6) is 0 Å². The number of thioether (sulfide) groups is 1. The molecule has 3 rings (SSSR count). The number of para-hydroxylation sites is 1. The van der Waals surface area contributed by atoms with Crippen molar-refractivity contribution >= 4 is 46.8 Å². The summed E-state index contributed by atoms with van der Waals surface area (Å²) in [5.41, 5.74) is 6.57. The van der Waals surface area contributed by atoms with Gasteiger partial charge in [-0.2, -0.15) is 0 Å². The Bertz CT molecular complexity index is 884. The Hall–Kier alpha value is -3.13. The number of nitrogens with zero attached hydrogens (tertiary/aromatic N) is 1. The molecule has 7 nitrogen and oxygen atoms in total. The maximum Gasteiger partial charge on any atom is 0.248 e. The summed E-state index contributed by atoms with van der Waals surface area (Å²) in [7, 11) is 0. The van der Waals surface area contributed by atoms with E-state index in [-0.39, 0.29) is 29.9 Å². The monoisotopic (exact) mass is 383 g/mol. The highest BCUT2D eigenvalue weighted by Gasteiger charge is 2.39. The number of rotatable bonds is 6. The third-order valence-electron chi connectivity index (χ3n) is 3.99. The van der Waals surface area contributed by atoms with E-state index in [1.54, 1.807) is 42.5 Å². The average Bonchev–Trinajstić information content (AvgIpc) is 2.94. The van der Waals surface area contributed by atoms with Gasteiger partial charge in [0.2, 0.25) is 23.6 Å². The summed E-state index contributed by atoms with van der Waals surface area (Å²) >= 11 is 1.13. The zero-order valence-corrected chi connectivity index (χ0v) is 15.1. The van der Waals surface area contributed by atoms with Crippen molar-refractivity contribution in [1.82, 2.24) is 0 Å². The first-order chi connectivity index (χ1) is 13.0. The molecule has 4 amide bonds. The molecular weight excluding hydrogens is 366 g/mol. The van der Waals surface area contributed by atoms with Crippen molar-refractivity contribution in [2.45, 2.75) is 11.7 Å². The highest BCUT2D eigenvalue weighted by Crippen LogP contribution is 2.29. The molecule has 1 aliphatic rings. The minimum absolute atomic E-state index is 0.0316. The molecule has 0 radical (unpaired) electrons. The summed E-state index contributed by atoms with van der Waals surface area (Å²) in [5, 5.41) is 2.10. The number of nitrogens with two attached hydrogens (primary N) is 1. The molecule has 8 heteroatoms. The number of anilines is 2. The van der Waals surface area contributed by atoms with Crippen LogP contribution in [0.15, 0.2) is 54.6 Å². The quantitative estimate of drug-likeness (QED) is 0.739. The molecule has 0 spiro atoms. The van der Waals surface area contributed by atoms with E-state index in [1.165, 1.54) is 12.1 Å². The fourth-order valence-corrected chi connectivity index (χ4v) is 3.61. The van der Waals surface area contributed by atoms with Gasteiger partial charge in [0.15, 0.2) is 0 Å². The summed E-state index contributed by atoms with van der Waals surface area (Å²) in [5.74, 6) is -1.40. The molecule has 1 heterocycles. The number of nitrogens with one attached hydrogen (secondary N) is 1. The number of hydrogen-bond acceptors (Lipinski definition) is 5. The molecule has 0 saturated carbocycles. The van der Waals surface area contributed by atoms with Crippen LogP contribution in [-0.2, 0) is 14.4 Å². The predicted octanol–water partition coefficient (Wildman–Crippen LogP) is 1.79. The largest absolute Gasteiger partial charge is 0.366 e. The second kappa shape index (κ2) is 8.05. The van der Waals surface area contributed by atoms with Gasteiger partial charge >= 0.3 is 0 Å². The van der Waals surface area contributed by atoms with Gasteiger partial charge in [-0.3, -0.25) is 19.2 Å². The molecule has 0 bridgehead atoms. The van der Waals surface area contributed by atoms with E-state index in [0.29, 0.717) is 16.9 Å². The highest BCUT2D eigenvalue weighted by atomic mass is 32.2. The number of benzene rings is 2. The topological polar surface area (TPSA) is 110 Å². The van der Waals surface area contributed by atoms with E-state index in [1.807, 2.05) is 0 Å². The fourth-order valence-electron chi connectivity index (χ4n) is 2.67. The molecule has 2 aromatic rings. The van der Waals surface area contributed by atoms with Gasteiger partial charge in [-0.05, 0) is 36.4 Å². The van der Waals surface area contributed by atoms with Crippen LogP contribution >= 0.6 is 11.8 Å². The van der Waals surface area contributed by atoms with Gasteiger partial charge in [0, 0.05) is 17.7 Å². The lowest BCUT2D eigenvalue weighted by atomic mass is 10.2. The van der Waals surface area contributed by atoms with Gasteiger partial charge < -0.3 is 11.1 Å².